The van der Waals surface area contributed by atoms with Crippen LogP contribution in [0.1, 0.15) is 51.4 Å². The van der Waals surface area contributed by atoms with Crippen molar-refractivity contribution in [1.29, 1.82) is 0 Å². The zero-order valence-electron chi connectivity index (χ0n) is 9.99. The van der Waals surface area contributed by atoms with Crippen LogP contribution in [-0.4, -0.2) is 19.1 Å². The van der Waals surface area contributed by atoms with Gasteiger partial charge in [0.05, 0.1) is 0 Å². The van der Waals surface area contributed by atoms with Gasteiger partial charge in [-0.25, -0.2) is 0 Å². The maximum atomic E-state index is 10.5. The summed E-state index contributed by atoms with van der Waals surface area (Å²) >= 11 is 0. The predicted molar refractivity (Wildman–Crippen MR) is 64.0 cm³/mol. The van der Waals surface area contributed by atoms with Crippen LogP contribution in [0.5, 0.6) is 0 Å². The second kappa shape index (κ2) is 6.79. The Hall–Kier alpha value is -0.700. The summed E-state index contributed by atoms with van der Waals surface area (Å²) < 4.78 is 0. The molecule has 16 heavy (non-hydrogen) atoms. The molecule has 2 rings (SSSR count). The molecule has 3 nitrogen and oxygen atoms in total. The topological polar surface area (TPSA) is 60.2 Å². The van der Waals surface area contributed by atoms with E-state index < -0.39 is 0 Å². The third-order valence-corrected chi connectivity index (χ3v) is 3.85. The van der Waals surface area contributed by atoms with Crippen LogP contribution in [0.15, 0.2) is 0 Å². The van der Waals surface area contributed by atoms with E-state index in [0.717, 1.165) is 38.3 Å². The van der Waals surface area contributed by atoms with Crippen LogP contribution in [-0.2, 0) is 9.59 Å². The minimum atomic E-state index is -0.125. The molecule has 0 aromatic carbocycles. The van der Waals surface area contributed by atoms with E-state index in [1.807, 2.05) is 0 Å². The number of hydrogen-bond donors (Lipinski definition) is 1. The first kappa shape index (κ1) is 13.4. The smallest absolute Gasteiger partial charge is 0.127 e. The molecule has 2 N–H and O–H groups in total. The van der Waals surface area contributed by atoms with Gasteiger partial charge in [-0.1, -0.05) is 25.7 Å². The van der Waals surface area contributed by atoms with E-state index in [-0.39, 0.29) is 5.41 Å². The number of rotatable bonds is 3. The number of hydrogen-bond acceptors (Lipinski definition) is 3. The zero-order chi connectivity index (χ0) is 11.9. The van der Waals surface area contributed by atoms with Gasteiger partial charge in [0.15, 0.2) is 0 Å². The molecule has 0 atom stereocenters. The quantitative estimate of drug-likeness (QED) is 0.748. The molecular formula is C13H23NO2. The molecule has 2 aliphatic carbocycles. The van der Waals surface area contributed by atoms with Gasteiger partial charge in [0.25, 0.3) is 0 Å². The lowest BCUT2D eigenvalue weighted by molar-refractivity contribution is -0.115. The third kappa shape index (κ3) is 3.71. The summed E-state index contributed by atoms with van der Waals surface area (Å²) in [5.74, 6) is 0.417. The molecule has 0 spiro atoms. The fraction of sp³-hybridized carbons (Fsp3) is 0.846. The van der Waals surface area contributed by atoms with Crippen molar-refractivity contribution in [3.05, 3.63) is 0 Å². The van der Waals surface area contributed by atoms with Crippen LogP contribution in [0.4, 0.5) is 0 Å². The summed E-state index contributed by atoms with van der Waals surface area (Å²) in [6, 6.07) is 0. The Labute approximate surface area is 97.8 Å². The fourth-order valence-corrected chi connectivity index (χ4v) is 2.54. The first-order valence-corrected chi connectivity index (χ1v) is 6.38. The second-order valence-electron chi connectivity index (χ2n) is 5.07. The summed E-state index contributed by atoms with van der Waals surface area (Å²) in [4.78, 5) is 20.5. The van der Waals surface area contributed by atoms with Gasteiger partial charge in [0, 0.05) is 17.9 Å². The predicted octanol–water partition coefficient (Wildman–Crippen LogP) is 2.08. The van der Waals surface area contributed by atoms with Gasteiger partial charge in [-0.3, -0.25) is 0 Å². The largest absolute Gasteiger partial charge is 0.329 e. The summed E-state index contributed by atoms with van der Waals surface area (Å²) in [6.45, 7) is 0.538. The minimum Gasteiger partial charge on any atom is -0.329 e. The van der Waals surface area contributed by atoms with Gasteiger partial charge in [0.2, 0.25) is 0 Å². The van der Waals surface area contributed by atoms with Crippen molar-refractivity contribution in [1.82, 2.24) is 0 Å². The van der Waals surface area contributed by atoms with Gasteiger partial charge in [-0.05, 0) is 25.7 Å². The van der Waals surface area contributed by atoms with Crippen LogP contribution in [0.25, 0.3) is 0 Å². The molecule has 0 bridgehead atoms. The lowest BCUT2D eigenvalue weighted by Gasteiger charge is -2.17. The Bertz CT molecular complexity index is 216. The van der Waals surface area contributed by atoms with E-state index >= 15 is 0 Å². The van der Waals surface area contributed by atoms with E-state index in [4.69, 9.17) is 5.73 Å². The Morgan fingerprint density at radius 3 is 1.88 bits per heavy atom. The van der Waals surface area contributed by atoms with Crippen molar-refractivity contribution < 1.29 is 9.59 Å². The third-order valence-electron chi connectivity index (χ3n) is 3.85. The number of nitrogens with two attached hydrogens (primary N) is 1. The van der Waals surface area contributed by atoms with Gasteiger partial charge in [-0.2, -0.15) is 0 Å². The first-order chi connectivity index (χ1) is 7.76. The standard InChI is InChI=1S/C7H13NO.C6H10O/c8-5-7(6-9)3-1-2-4-7;7-5-6-3-1-2-4-6/h6H,1-5,8H2;5-6H,1-4H2. The van der Waals surface area contributed by atoms with Crippen molar-refractivity contribution in [3.8, 4) is 0 Å². The van der Waals surface area contributed by atoms with Gasteiger partial charge in [-0.15, -0.1) is 0 Å². The highest BCUT2D eigenvalue weighted by atomic mass is 16.1. The highest BCUT2D eigenvalue weighted by Crippen LogP contribution is 2.34. The maximum Gasteiger partial charge on any atom is 0.127 e. The molecule has 2 aliphatic rings. The van der Waals surface area contributed by atoms with E-state index in [9.17, 15) is 9.59 Å². The summed E-state index contributed by atoms with van der Waals surface area (Å²) in [5, 5.41) is 0. The van der Waals surface area contributed by atoms with Crippen molar-refractivity contribution >= 4 is 12.6 Å². The number of carbonyl (C=O) groups excluding carboxylic acids is 2. The Kier molecular flexibility index (Phi) is 5.67. The fourth-order valence-electron chi connectivity index (χ4n) is 2.54. The highest BCUT2D eigenvalue weighted by Gasteiger charge is 2.31. The van der Waals surface area contributed by atoms with Gasteiger partial charge in [0.1, 0.15) is 12.6 Å². The van der Waals surface area contributed by atoms with Crippen molar-refractivity contribution in [2.45, 2.75) is 51.4 Å². The summed E-state index contributed by atoms with van der Waals surface area (Å²) in [6.07, 6.45) is 11.3. The number of aldehydes is 2. The normalized spacial score (nSPS) is 23.6. The molecule has 0 radical (unpaired) electrons. The van der Waals surface area contributed by atoms with Crippen molar-refractivity contribution in [3.63, 3.8) is 0 Å². The molecule has 0 aromatic heterocycles. The van der Waals surface area contributed by atoms with Gasteiger partial charge < -0.3 is 15.3 Å². The molecule has 92 valence electrons. The highest BCUT2D eigenvalue weighted by molar-refractivity contribution is 5.60. The number of carbonyl (C=O) groups is 2. The zero-order valence-corrected chi connectivity index (χ0v) is 9.99. The van der Waals surface area contributed by atoms with Crippen molar-refractivity contribution in [2.75, 3.05) is 6.54 Å². The first-order valence-electron chi connectivity index (χ1n) is 6.38. The van der Waals surface area contributed by atoms with Crippen LogP contribution >= 0.6 is 0 Å². The molecular weight excluding hydrogens is 202 g/mol. The molecule has 2 fully saturated rings. The van der Waals surface area contributed by atoms with Crippen LogP contribution < -0.4 is 5.73 Å². The average Bonchev–Trinajstić information content (AvgIpc) is 3.01. The van der Waals surface area contributed by atoms with Crippen LogP contribution in [0.2, 0.25) is 0 Å². The molecule has 0 aromatic rings. The Morgan fingerprint density at radius 2 is 1.62 bits per heavy atom. The van der Waals surface area contributed by atoms with Crippen LogP contribution in [0.3, 0.4) is 0 Å². The van der Waals surface area contributed by atoms with Crippen LogP contribution in [0, 0.1) is 11.3 Å². The minimum absolute atomic E-state index is 0.125. The molecule has 0 heterocycles. The monoisotopic (exact) mass is 225 g/mol. The van der Waals surface area contributed by atoms with E-state index in [2.05, 4.69) is 0 Å². The lowest BCUT2D eigenvalue weighted by Crippen LogP contribution is -2.28. The molecule has 0 aliphatic heterocycles. The SMILES string of the molecule is NCC1(C=O)CCCC1.O=CC1CCCC1. The Balaban J connectivity index is 0.000000165. The molecule has 0 amide bonds. The molecule has 3 heteroatoms. The van der Waals surface area contributed by atoms with Gasteiger partial charge >= 0.3 is 0 Å². The Morgan fingerprint density at radius 1 is 1.06 bits per heavy atom. The average molecular weight is 225 g/mol. The molecule has 2 saturated carbocycles. The summed E-state index contributed by atoms with van der Waals surface area (Å²) in [5.41, 5.74) is 5.32. The molecule has 0 saturated heterocycles. The second-order valence-corrected chi connectivity index (χ2v) is 5.07. The maximum absolute atomic E-state index is 10.5. The van der Waals surface area contributed by atoms with E-state index in [1.54, 1.807) is 0 Å². The van der Waals surface area contributed by atoms with E-state index in [1.165, 1.54) is 25.7 Å². The van der Waals surface area contributed by atoms with Crippen molar-refractivity contribution in [2.24, 2.45) is 17.1 Å². The molecule has 0 unspecified atom stereocenters. The summed E-state index contributed by atoms with van der Waals surface area (Å²) in [7, 11) is 0. The van der Waals surface area contributed by atoms with E-state index in [0.29, 0.717) is 12.5 Å². The lowest BCUT2D eigenvalue weighted by atomic mass is 9.89.